The van der Waals surface area contributed by atoms with E-state index in [4.69, 9.17) is 28.5 Å². The Morgan fingerprint density at radius 2 is 2.00 bits per heavy atom. The van der Waals surface area contributed by atoms with Crippen molar-refractivity contribution in [3.63, 3.8) is 0 Å². The molecular weight excluding hydrogens is 355 g/mol. The first-order chi connectivity index (χ1) is 11.1. The van der Waals surface area contributed by atoms with Crippen molar-refractivity contribution in [2.45, 2.75) is 0 Å². The van der Waals surface area contributed by atoms with E-state index in [-0.39, 0.29) is 5.17 Å². The van der Waals surface area contributed by atoms with Crippen molar-refractivity contribution in [1.29, 1.82) is 5.26 Å². The quantitative estimate of drug-likeness (QED) is 0.313. The first-order valence-corrected chi connectivity index (χ1v) is 7.52. The van der Waals surface area contributed by atoms with E-state index < -0.39 is 0 Å². The van der Waals surface area contributed by atoms with Gasteiger partial charge in [0.2, 0.25) is 6.19 Å². The molecule has 0 aliphatic carbocycles. The Morgan fingerprint density at radius 3 is 2.70 bits per heavy atom. The molecule has 23 heavy (non-hydrogen) atoms. The fourth-order valence-electron chi connectivity index (χ4n) is 2.08. The van der Waals surface area contributed by atoms with Gasteiger partial charge in [-0.05, 0) is 24.3 Å². The number of fused-ring (bicyclic) bond motifs is 1. The topological polar surface area (TPSA) is 78.4 Å². The molecule has 0 radical (unpaired) electrons. The van der Waals surface area contributed by atoms with E-state index in [0.717, 1.165) is 0 Å². The highest BCUT2D eigenvalue weighted by atomic mass is 35.5. The van der Waals surface area contributed by atoms with Crippen molar-refractivity contribution in [1.82, 2.24) is 14.6 Å². The summed E-state index contributed by atoms with van der Waals surface area (Å²) < 4.78 is 1.79. The molecule has 0 unspecified atom stereocenters. The zero-order valence-electron chi connectivity index (χ0n) is 11.4. The van der Waals surface area contributed by atoms with Crippen molar-refractivity contribution in [2.75, 3.05) is 5.32 Å². The predicted molar refractivity (Wildman–Crippen MR) is 94.1 cm³/mol. The van der Waals surface area contributed by atoms with E-state index in [1.165, 1.54) is 0 Å². The monoisotopic (exact) mass is 362 g/mol. The molecule has 9 heteroatoms. The van der Waals surface area contributed by atoms with Crippen LogP contribution in [0.2, 0.25) is 10.0 Å². The molecule has 0 aliphatic heterocycles. The number of halogens is 2. The molecule has 3 aromatic rings. The number of aliphatic imine (C=N–C) groups is 1. The largest absolute Gasteiger partial charge is 0.334 e. The van der Waals surface area contributed by atoms with Gasteiger partial charge in [0, 0.05) is 11.9 Å². The maximum absolute atomic E-state index is 8.50. The summed E-state index contributed by atoms with van der Waals surface area (Å²) in [5, 5.41) is 20.5. The van der Waals surface area contributed by atoms with Gasteiger partial charge in [-0.2, -0.15) is 5.26 Å². The van der Waals surface area contributed by atoms with Gasteiger partial charge in [-0.1, -0.05) is 29.3 Å². The molecular formula is C14H8Cl2N6S. The minimum Gasteiger partial charge on any atom is -0.334 e. The van der Waals surface area contributed by atoms with Crippen LogP contribution >= 0.6 is 35.8 Å². The number of pyridine rings is 1. The Hall–Kier alpha value is -2.27. The lowest BCUT2D eigenvalue weighted by molar-refractivity contribution is 1.11. The number of thiol groups is 1. The minimum absolute atomic E-state index is 0.139. The summed E-state index contributed by atoms with van der Waals surface area (Å²) in [4.78, 5) is 3.46. The molecule has 0 bridgehead atoms. The van der Waals surface area contributed by atoms with Crippen LogP contribution in [0, 0.1) is 11.5 Å². The predicted octanol–water partition coefficient (Wildman–Crippen LogP) is 3.88. The lowest BCUT2D eigenvalue weighted by Crippen LogP contribution is -2.04. The van der Waals surface area contributed by atoms with Crippen LogP contribution in [-0.2, 0) is 0 Å². The van der Waals surface area contributed by atoms with Gasteiger partial charge in [0.25, 0.3) is 0 Å². The van der Waals surface area contributed by atoms with E-state index in [2.05, 4.69) is 33.1 Å². The van der Waals surface area contributed by atoms with Gasteiger partial charge in [0.1, 0.15) is 0 Å². The van der Waals surface area contributed by atoms with E-state index in [9.17, 15) is 0 Å². The number of nitrogens with zero attached hydrogens (tertiary/aromatic N) is 5. The molecule has 2 aromatic heterocycles. The standard InChI is InChI=1S/C14H8Cl2N6S/c15-9-5-8(19-14(23)18-7-17)6-10(16)12(9)13-21-20-11-3-1-2-4-22(11)13/h1-6H,(H2,18,19,23). The highest BCUT2D eigenvalue weighted by Crippen LogP contribution is 2.36. The van der Waals surface area contributed by atoms with Crippen LogP contribution in [0.5, 0.6) is 0 Å². The Morgan fingerprint density at radius 1 is 1.26 bits per heavy atom. The number of nitriles is 1. The summed E-state index contributed by atoms with van der Waals surface area (Å²) in [7, 11) is 0. The summed E-state index contributed by atoms with van der Waals surface area (Å²) in [6.45, 7) is 0. The van der Waals surface area contributed by atoms with Gasteiger partial charge in [-0.3, -0.25) is 4.40 Å². The Kier molecular flexibility index (Phi) is 4.39. The second-order valence-electron chi connectivity index (χ2n) is 4.43. The molecule has 0 saturated heterocycles. The summed E-state index contributed by atoms with van der Waals surface area (Å²) in [6.07, 6.45) is 3.46. The number of amidine groups is 1. The van der Waals surface area contributed by atoms with Gasteiger partial charge >= 0.3 is 0 Å². The lowest BCUT2D eigenvalue weighted by atomic mass is 10.2. The van der Waals surface area contributed by atoms with Crippen molar-refractivity contribution in [2.24, 2.45) is 4.99 Å². The fourth-order valence-corrected chi connectivity index (χ4v) is 2.91. The van der Waals surface area contributed by atoms with E-state index >= 15 is 0 Å². The van der Waals surface area contributed by atoms with Gasteiger partial charge < -0.3 is 5.32 Å². The first-order valence-electron chi connectivity index (χ1n) is 6.32. The summed E-state index contributed by atoms with van der Waals surface area (Å²) >= 11 is 16.7. The summed E-state index contributed by atoms with van der Waals surface area (Å²) in [6, 6.07) is 8.86. The van der Waals surface area contributed by atoms with Crippen molar-refractivity contribution in [3.05, 3.63) is 46.6 Å². The third-order valence-electron chi connectivity index (χ3n) is 2.99. The lowest BCUT2D eigenvalue weighted by Gasteiger charge is -2.10. The van der Waals surface area contributed by atoms with Crippen LogP contribution in [-0.4, -0.2) is 19.8 Å². The van der Waals surface area contributed by atoms with Crippen molar-refractivity contribution in [3.8, 4) is 17.6 Å². The average molecular weight is 363 g/mol. The highest BCUT2D eigenvalue weighted by Gasteiger charge is 2.16. The molecule has 0 atom stereocenters. The number of nitrogens with one attached hydrogen (secondary N) is 1. The van der Waals surface area contributed by atoms with Gasteiger partial charge in [0.05, 0.1) is 15.6 Å². The SMILES string of the molecule is N#CN=C(S)Nc1cc(Cl)c(-c2nnc3ccccn23)c(Cl)c1. The number of hydrogen-bond donors (Lipinski definition) is 2. The van der Waals surface area contributed by atoms with Crippen LogP contribution in [0.25, 0.3) is 17.0 Å². The third kappa shape index (κ3) is 3.10. The van der Waals surface area contributed by atoms with Crippen LogP contribution in [0.4, 0.5) is 5.69 Å². The molecule has 114 valence electrons. The number of aromatic nitrogens is 3. The molecule has 0 amide bonds. The molecule has 1 N–H and O–H groups in total. The number of anilines is 1. The average Bonchev–Trinajstić information content (AvgIpc) is 2.91. The van der Waals surface area contributed by atoms with Crippen LogP contribution < -0.4 is 5.32 Å². The maximum Gasteiger partial charge on any atom is 0.208 e. The fraction of sp³-hybridized carbons (Fsp3) is 0. The minimum atomic E-state index is 0.139. The summed E-state index contributed by atoms with van der Waals surface area (Å²) in [5.74, 6) is 0.541. The summed E-state index contributed by atoms with van der Waals surface area (Å²) in [5.41, 5.74) is 1.81. The Balaban J connectivity index is 2.08. The number of rotatable bonds is 2. The Bertz CT molecular complexity index is 936. The molecule has 2 heterocycles. The van der Waals surface area contributed by atoms with Crippen molar-refractivity contribution < 1.29 is 0 Å². The van der Waals surface area contributed by atoms with Gasteiger partial charge in [0.15, 0.2) is 16.6 Å². The van der Waals surface area contributed by atoms with Crippen LogP contribution in [0.3, 0.4) is 0 Å². The van der Waals surface area contributed by atoms with Crippen molar-refractivity contribution >= 4 is 52.3 Å². The highest BCUT2D eigenvalue weighted by molar-refractivity contribution is 7.97. The zero-order valence-corrected chi connectivity index (χ0v) is 13.8. The van der Waals surface area contributed by atoms with Crippen LogP contribution in [0.1, 0.15) is 0 Å². The zero-order chi connectivity index (χ0) is 16.4. The molecule has 0 saturated carbocycles. The van der Waals surface area contributed by atoms with Gasteiger partial charge in [-0.25, -0.2) is 0 Å². The molecule has 0 fully saturated rings. The number of benzene rings is 1. The van der Waals surface area contributed by atoms with E-state index in [1.807, 2.05) is 24.4 Å². The second-order valence-corrected chi connectivity index (χ2v) is 5.67. The number of hydrogen-bond acceptors (Lipinski definition) is 4. The van der Waals surface area contributed by atoms with E-state index in [1.54, 1.807) is 22.7 Å². The maximum atomic E-state index is 8.50. The van der Waals surface area contributed by atoms with Gasteiger partial charge in [-0.15, -0.1) is 27.8 Å². The smallest absolute Gasteiger partial charge is 0.208 e. The third-order valence-corrected chi connectivity index (χ3v) is 3.80. The molecule has 6 nitrogen and oxygen atoms in total. The Labute approximate surface area is 146 Å². The second kappa shape index (κ2) is 6.46. The molecule has 0 spiro atoms. The first kappa shape index (κ1) is 15.6. The van der Waals surface area contributed by atoms with E-state index in [0.29, 0.717) is 32.8 Å². The van der Waals surface area contributed by atoms with Crippen LogP contribution in [0.15, 0.2) is 41.5 Å². The molecule has 0 aliphatic rings. The normalized spacial score (nSPS) is 11.5. The molecule has 1 aromatic carbocycles. The molecule has 3 rings (SSSR count).